The summed E-state index contributed by atoms with van der Waals surface area (Å²) >= 11 is 0. The van der Waals surface area contributed by atoms with E-state index in [-0.39, 0.29) is 29.1 Å². The Hall–Kier alpha value is -4.86. The summed E-state index contributed by atoms with van der Waals surface area (Å²) in [5.41, 5.74) is 2.26. The number of aromatic nitrogens is 4. The number of nitrogens with zero attached hydrogens (tertiary/aromatic N) is 4. The van der Waals surface area contributed by atoms with Crippen LogP contribution in [-0.2, 0) is 9.59 Å². The minimum atomic E-state index is -0.668. The first-order chi connectivity index (χ1) is 17.3. The Morgan fingerprint density at radius 3 is 2.53 bits per heavy atom. The van der Waals surface area contributed by atoms with Crippen molar-refractivity contribution in [1.29, 1.82) is 0 Å². The van der Waals surface area contributed by atoms with Crippen molar-refractivity contribution in [3.05, 3.63) is 84.0 Å². The van der Waals surface area contributed by atoms with Gasteiger partial charge in [0, 0.05) is 17.2 Å². The molecule has 2 aromatic heterocycles. The Balaban J connectivity index is 1.39. The number of hydrogen-bond donors (Lipinski definition) is 2. The van der Waals surface area contributed by atoms with Gasteiger partial charge in [0.05, 0.1) is 16.6 Å². The smallest absolute Gasteiger partial charge is 0.273 e. The van der Waals surface area contributed by atoms with Crippen LogP contribution in [0.25, 0.3) is 33.4 Å². The van der Waals surface area contributed by atoms with Gasteiger partial charge in [-0.3, -0.25) is 19.0 Å². The maximum Gasteiger partial charge on any atom is 0.273 e. The van der Waals surface area contributed by atoms with Gasteiger partial charge < -0.3 is 15.2 Å². The van der Waals surface area contributed by atoms with Gasteiger partial charge in [-0.15, -0.1) is 0 Å². The Morgan fingerprint density at radius 2 is 1.86 bits per heavy atom. The van der Waals surface area contributed by atoms with Crippen LogP contribution in [0.2, 0.25) is 0 Å². The van der Waals surface area contributed by atoms with Crippen molar-refractivity contribution in [3.63, 3.8) is 0 Å². The molecule has 0 aliphatic heterocycles. The first-order valence-electron chi connectivity index (χ1n) is 11.2. The highest BCUT2D eigenvalue weighted by Crippen LogP contribution is 2.31. The fourth-order valence-corrected chi connectivity index (χ4v) is 3.69. The summed E-state index contributed by atoms with van der Waals surface area (Å²) in [5.74, 6) is -0.0654. The van der Waals surface area contributed by atoms with Gasteiger partial charge in [-0.2, -0.15) is 4.98 Å². The van der Waals surface area contributed by atoms with E-state index in [0.29, 0.717) is 22.4 Å². The number of rotatable bonds is 7. The summed E-state index contributed by atoms with van der Waals surface area (Å²) in [6, 6.07) is 12.6. The highest BCUT2D eigenvalue weighted by molar-refractivity contribution is 6.15. The molecule has 180 valence electrons. The molecule has 0 saturated heterocycles. The number of anilines is 1. The third-order valence-electron chi connectivity index (χ3n) is 5.80. The van der Waals surface area contributed by atoms with Gasteiger partial charge >= 0.3 is 0 Å². The van der Waals surface area contributed by atoms with Gasteiger partial charge in [0.25, 0.3) is 17.4 Å². The van der Waals surface area contributed by atoms with E-state index < -0.39 is 11.5 Å². The van der Waals surface area contributed by atoms with E-state index in [0.717, 1.165) is 28.5 Å². The average Bonchev–Trinajstić information content (AvgIpc) is 3.64. The van der Waals surface area contributed by atoms with E-state index in [1.807, 2.05) is 30.3 Å². The fraction of sp³-hybridized carbons (Fsp3) is 0.154. The van der Waals surface area contributed by atoms with E-state index in [4.69, 9.17) is 4.52 Å². The molecule has 2 aromatic carbocycles. The first-order valence-corrected chi connectivity index (χ1v) is 11.2. The van der Waals surface area contributed by atoms with Crippen LogP contribution in [0.4, 0.5) is 5.69 Å². The number of fused-ring (bicyclic) bond motifs is 1. The van der Waals surface area contributed by atoms with Gasteiger partial charge in [-0.1, -0.05) is 42.6 Å². The van der Waals surface area contributed by atoms with E-state index in [1.165, 1.54) is 6.33 Å². The molecule has 1 saturated carbocycles. The normalized spacial score (nSPS) is 12.8. The highest BCUT2D eigenvalue weighted by atomic mass is 16.5. The van der Waals surface area contributed by atoms with Crippen LogP contribution in [0.3, 0.4) is 0 Å². The van der Waals surface area contributed by atoms with Crippen LogP contribution >= 0.6 is 0 Å². The van der Waals surface area contributed by atoms with Gasteiger partial charge in [0.2, 0.25) is 5.91 Å². The minimum Gasteiger partial charge on any atom is -0.332 e. The molecule has 1 fully saturated rings. The second kappa shape index (κ2) is 9.06. The zero-order valence-corrected chi connectivity index (χ0v) is 19.4. The van der Waals surface area contributed by atoms with Crippen LogP contribution in [0.5, 0.6) is 0 Å². The lowest BCUT2D eigenvalue weighted by Crippen LogP contribution is -2.30. The van der Waals surface area contributed by atoms with Crippen molar-refractivity contribution in [1.82, 2.24) is 25.0 Å². The third kappa shape index (κ3) is 4.43. The maximum absolute atomic E-state index is 13.2. The average molecular weight is 483 g/mol. The second-order valence-electron chi connectivity index (χ2n) is 8.49. The summed E-state index contributed by atoms with van der Waals surface area (Å²) in [5, 5.41) is 9.39. The number of aryl methyl sites for hydroxylation is 1. The van der Waals surface area contributed by atoms with Crippen molar-refractivity contribution in [2.24, 2.45) is 5.92 Å². The molecule has 2 N–H and O–H groups in total. The molecule has 0 radical (unpaired) electrons. The monoisotopic (exact) mass is 482 g/mol. The minimum absolute atomic E-state index is 0.0372. The van der Waals surface area contributed by atoms with Gasteiger partial charge in [0.15, 0.2) is 5.82 Å². The van der Waals surface area contributed by atoms with Crippen LogP contribution in [-0.4, -0.2) is 31.5 Å². The molecule has 5 rings (SSSR count). The molecule has 2 amide bonds. The molecule has 10 heteroatoms. The molecule has 2 heterocycles. The van der Waals surface area contributed by atoms with Crippen molar-refractivity contribution >= 4 is 39.8 Å². The number of amides is 2. The van der Waals surface area contributed by atoms with E-state index in [2.05, 4.69) is 38.9 Å². The van der Waals surface area contributed by atoms with Gasteiger partial charge in [-0.05, 0) is 43.5 Å². The maximum atomic E-state index is 13.2. The quantitative estimate of drug-likeness (QED) is 0.386. The molecule has 10 nitrogen and oxygen atoms in total. The molecule has 1 aliphatic rings. The number of nitrogens with one attached hydrogen (secondary N) is 2. The van der Waals surface area contributed by atoms with Crippen LogP contribution in [0, 0.1) is 12.8 Å². The Bertz CT molecular complexity index is 1590. The van der Waals surface area contributed by atoms with Crippen molar-refractivity contribution in [2.45, 2.75) is 19.8 Å². The predicted octanol–water partition coefficient (Wildman–Crippen LogP) is 3.36. The summed E-state index contributed by atoms with van der Waals surface area (Å²) in [4.78, 5) is 46.4. The number of hydrogen-bond acceptors (Lipinski definition) is 7. The summed E-state index contributed by atoms with van der Waals surface area (Å²) in [7, 11) is 0. The van der Waals surface area contributed by atoms with Crippen molar-refractivity contribution in [3.8, 4) is 11.1 Å². The zero-order chi connectivity index (χ0) is 25.4. The van der Waals surface area contributed by atoms with E-state index in [1.54, 1.807) is 19.1 Å². The van der Waals surface area contributed by atoms with Crippen LogP contribution in [0.15, 0.2) is 71.3 Å². The lowest BCUT2D eigenvalue weighted by molar-refractivity contribution is -0.117. The van der Waals surface area contributed by atoms with E-state index in [9.17, 15) is 14.4 Å². The molecular formula is C26H22N6O4. The molecule has 1 aliphatic carbocycles. The molecule has 4 aromatic rings. The number of benzene rings is 2. The summed E-state index contributed by atoms with van der Waals surface area (Å²) in [6.07, 6.45) is 3.13. The SMILES string of the molecule is C=C(NC(=O)C(=C)n1cnc2c(-c3ccc(NC(=O)C4CC4)cc3)cccc2c1=O)c1nc(C)no1. The summed E-state index contributed by atoms with van der Waals surface area (Å²) < 4.78 is 6.06. The topological polar surface area (TPSA) is 132 Å². The zero-order valence-electron chi connectivity index (χ0n) is 19.4. The van der Waals surface area contributed by atoms with Crippen molar-refractivity contribution < 1.29 is 14.1 Å². The van der Waals surface area contributed by atoms with Crippen LogP contribution in [0.1, 0.15) is 24.6 Å². The molecule has 36 heavy (non-hydrogen) atoms. The molecule has 0 atom stereocenters. The number of para-hydroxylation sites is 1. The summed E-state index contributed by atoms with van der Waals surface area (Å²) in [6.45, 7) is 9.09. The third-order valence-corrected chi connectivity index (χ3v) is 5.80. The van der Waals surface area contributed by atoms with Gasteiger partial charge in [-0.25, -0.2) is 4.98 Å². The standard InChI is InChI=1S/C26H22N6O4/c1-14(25-29-16(3)31-36-25)28-23(33)15(2)32-13-27-22-20(5-4-6-21(22)26(32)35)17-9-11-19(12-10-17)30-24(34)18-7-8-18/h4-6,9-13,18H,1-2,7-8H2,3H3,(H,28,33)(H,30,34). The largest absolute Gasteiger partial charge is 0.332 e. The Labute approximate surface area is 205 Å². The number of carbonyl (C=O) groups excluding carboxylic acids is 2. The van der Waals surface area contributed by atoms with Crippen molar-refractivity contribution in [2.75, 3.05) is 5.32 Å². The highest BCUT2D eigenvalue weighted by Gasteiger charge is 2.29. The fourth-order valence-electron chi connectivity index (χ4n) is 3.69. The lowest BCUT2D eigenvalue weighted by Gasteiger charge is -2.12. The lowest BCUT2D eigenvalue weighted by atomic mass is 10.0. The Morgan fingerprint density at radius 1 is 1.11 bits per heavy atom. The first kappa shape index (κ1) is 22.9. The van der Waals surface area contributed by atoms with Crippen LogP contribution < -0.4 is 16.2 Å². The predicted molar refractivity (Wildman–Crippen MR) is 134 cm³/mol. The molecule has 0 spiro atoms. The molecule has 0 unspecified atom stereocenters. The molecule has 0 bridgehead atoms. The Kier molecular flexibility index (Phi) is 5.77. The van der Waals surface area contributed by atoms with E-state index >= 15 is 0 Å². The molecular weight excluding hydrogens is 460 g/mol. The van der Waals surface area contributed by atoms with Gasteiger partial charge in [0.1, 0.15) is 12.0 Å². The number of carbonyl (C=O) groups is 2. The second-order valence-corrected chi connectivity index (χ2v) is 8.49.